The van der Waals surface area contributed by atoms with E-state index in [1.54, 1.807) is 23.9 Å². The van der Waals surface area contributed by atoms with Crippen molar-refractivity contribution >= 4 is 11.6 Å². The highest BCUT2D eigenvalue weighted by Crippen LogP contribution is 2.20. The summed E-state index contributed by atoms with van der Waals surface area (Å²) in [6.07, 6.45) is 7.74. The summed E-state index contributed by atoms with van der Waals surface area (Å²) in [5.74, 6) is 0.662. The van der Waals surface area contributed by atoms with Crippen molar-refractivity contribution in [3.05, 3.63) is 72.4 Å². The number of H-pyrrole nitrogens is 1. The van der Waals surface area contributed by atoms with Crippen LogP contribution in [0, 0.1) is 0 Å². The lowest BCUT2D eigenvalue weighted by atomic mass is 10.1. The second-order valence-electron chi connectivity index (χ2n) is 6.13. The van der Waals surface area contributed by atoms with E-state index in [-0.39, 0.29) is 5.91 Å². The SMILES string of the molecule is COc1cccc(CCNC(=O)c2cnc3cc(-c4cn[nH]c4)ccn23)c1. The van der Waals surface area contributed by atoms with Crippen molar-refractivity contribution in [2.75, 3.05) is 13.7 Å². The smallest absolute Gasteiger partial charge is 0.269 e. The van der Waals surface area contributed by atoms with Crippen molar-refractivity contribution in [3.8, 4) is 16.9 Å². The van der Waals surface area contributed by atoms with Crippen molar-refractivity contribution in [3.63, 3.8) is 0 Å². The number of carbonyl (C=O) groups is 1. The van der Waals surface area contributed by atoms with Gasteiger partial charge in [0.1, 0.15) is 17.1 Å². The lowest BCUT2D eigenvalue weighted by Crippen LogP contribution is -2.26. The van der Waals surface area contributed by atoms with Crippen LogP contribution in [0.5, 0.6) is 5.75 Å². The van der Waals surface area contributed by atoms with E-state index < -0.39 is 0 Å². The van der Waals surface area contributed by atoms with Crippen molar-refractivity contribution in [1.82, 2.24) is 24.9 Å². The zero-order valence-electron chi connectivity index (χ0n) is 14.8. The maximum absolute atomic E-state index is 12.5. The van der Waals surface area contributed by atoms with E-state index in [0.717, 1.165) is 28.9 Å². The predicted molar refractivity (Wildman–Crippen MR) is 102 cm³/mol. The van der Waals surface area contributed by atoms with Crippen LogP contribution in [0.25, 0.3) is 16.8 Å². The molecule has 0 saturated heterocycles. The summed E-state index contributed by atoms with van der Waals surface area (Å²) in [5, 5.41) is 9.70. The summed E-state index contributed by atoms with van der Waals surface area (Å²) in [6, 6.07) is 11.7. The first-order chi connectivity index (χ1) is 13.2. The molecule has 1 aromatic carbocycles. The molecule has 0 bridgehead atoms. The molecule has 3 heterocycles. The number of ether oxygens (including phenoxy) is 1. The van der Waals surface area contributed by atoms with Crippen LogP contribution in [-0.2, 0) is 6.42 Å². The molecule has 7 nitrogen and oxygen atoms in total. The summed E-state index contributed by atoms with van der Waals surface area (Å²) >= 11 is 0. The first-order valence-electron chi connectivity index (χ1n) is 8.62. The first-order valence-corrected chi connectivity index (χ1v) is 8.62. The highest BCUT2D eigenvalue weighted by atomic mass is 16.5. The van der Waals surface area contributed by atoms with Crippen LogP contribution in [0.15, 0.2) is 61.2 Å². The number of nitrogens with one attached hydrogen (secondary N) is 2. The van der Waals surface area contributed by atoms with Crippen molar-refractivity contribution in [2.45, 2.75) is 6.42 Å². The molecule has 4 rings (SSSR count). The molecule has 0 aliphatic carbocycles. The normalized spacial score (nSPS) is 10.9. The van der Waals surface area contributed by atoms with E-state index in [2.05, 4.69) is 20.5 Å². The number of benzene rings is 1. The van der Waals surface area contributed by atoms with Gasteiger partial charge in [-0.25, -0.2) is 4.98 Å². The van der Waals surface area contributed by atoms with E-state index in [1.807, 2.05) is 48.8 Å². The Hall–Kier alpha value is -3.61. The van der Waals surface area contributed by atoms with Gasteiger partial charge in [-0.15, -0.1) is 0 Å². The number of aromatic nitrogens is 4. The fraction of sp³-hybridized carbons (Fsp3) is 0.150. The molecule has 2 N–H and O–H groups in total. The molecule has 0 fully saturated rings. The third-order valence-electron chi connectivity index (χ3n) is 4.41. The molecule has 4 aromatic rings. The van der Waals surface area contributed by atoms with Crippen molar-refractivity contribution in [2.24, 2.45) is 0 Å². The molecule has 0 atom stereocenters. The molecule has 0 radical (unpaired) electrons. The Labute approximate surface area is 156 Å². The van der Waals surface area contributed by atoms with Gasteiger partial charge in [0.15, 0.2) is 0 Å². The van der Waals surface area contributed by atoms with Crippen LogP contribution in [0.1, 0.15) is 16.1 Å². The Morgan fingerprint density at radius 2 is 2.15 bits per heavy atom. The lowest BCUT2D eigenvalue weighted by molar-refractivity contribution is 0.0948. The average molecular weight is 361 g/mol. The van der Waals surface area contributed by atoms with Gasteiger partial charge in [-0.1, -0.05) is 12.1 Å². The lowest BCUT2D eigenvalue weighted by Gasteiger charge is -2.07. The van der Waals surface area contributed by atoms with Crippen LogP contribution in [-0.4, -0.2) is 39.1 Å². The van der Waals surface area contributed by atoms with Gasteiger partial charge in [0, 0.05) is 24.5 Å². The largest absolute Gasteiger partial charge is 0.497 e. The second-order valence-corrected chi connectivity index (χ2v) is 6.13. The van der Waals surface area contributed by atoms with Gasteiger partial charge in [0.2, 0.25) is 0 Å². The molecule has 0 saturated carbocycles. The molecule has 0 spiro atoms. The van der Waals surface area contributed by atoms with Crippen LogP contribution < -0.4 is 10.1 Å². The number of hydrogen-bond donors (Lipinski definition) is 2. The Balaban J connectivity index is 1.44. The number of nitrogens with zero attached hydrogens (tertiary/aromatic N) is 3. The monoisotopic (exact) mass is 361 g/mol. The highest BCUT2D eigenvalue weighted by Gasteiger charge is 2.12. The Bertz CT molecular complexity index is 1070. The number of carbonyl (C=O) groups excluding carboxylic acids is 1. The molecular formula is C20H19N5O2. The Morgan fingerprint density at radius 3 is 2.96 bits per heavy atom. The van der Waals surface area contributed by atoms with Crippen LogP contribution in [0.2, 0.25) is 0 Å². The number of pyridine rings is 1. The maximum Gasteiger partial charge on any atom is 0.269 e. The van der Waals surface area contributed by atoms with E-state index in [1.165, 1.54) is 0 Å². The van der Waals surface area contributed by atoms with Gasteiger partial charge < -0.3 is 10.1 Å². The van der Waals surface area contributed by atoms with Crippen molar-refractivity contribution < 1.29 is 9.53 Å². The van der Waals surface area contributed by atoms with Gasteiger partial charge >= 0.3 is 0 Å². The number of imidazole rings is 1. The van der Waals surface area contributed by atoms with Crippen LogP contribution in [0.4, 0.5) is 0 Å². The minimum absolute atomic E-state index is 0.151. The number of rotatable bonds is 6. The third-order valence-corrected chi connectivity index (χ3v) is 4.41. The van der Waals surface area contributed by atoms with E-state index in [4.69, 9.17) is 4.74 Å². The maximum atomic E-state index is 12.5. The summed E-state index contributed by atoms with van der Waals surface area (Å²) in [4.78, 5) is 16.9. The number of aromatic amines is 1. The average Bonchev–Trinajstić information content (AvgIpc) is 3.37. The Kier molecular flexibility index (Phi) is 4.57. The third kappa shape index (κ3) is 3.52. The molecular weight excluding hydrogens is 342 g/mol. The first kappa shape index (κ1) is 16.8. The van der Waals surface area contributed by atoms with Gasteiger partial charge in [-0.2, -0.15) is 5.10 Å². The molecule has 0 aliphatic rings. The molecule has 7 heteroatoms. The molecule has 0 unspecified atom stereocenters. The summed E-state index contributed by atoms with van der Waals surface area (Å²) in [6.45, 7) is 0.534. The number of hydrogen-bond acceptors (Lipinski definition) is 4. The summed E-state index contributed by atoms with van der Waals surface area (Å²) in [5.41, 5.74) is 4.30. The molecule has 1 amide bonds. The Morgan fingerprint density at radius 1 is 1.22 bits per heavy atom. The standard InChI is InChI=1S/C20H19N5O2/c1-27-17-4-2-3-14(9-17)5-7-21-20(26)18-13-22-19-10-15(6-8-25(18)19)16-11-23-24-12-16/h2-4,6,8-13H,5,7H2,1H3,(H,21,26)(H,23,24). The minimum Gasteiger partial charge on any atom is -0.497 e. The quantitative estimate of drug-likeness (QED) is 0.553. The fourth-order valence-corrected chi connectivity index (χ4v) is 2.98. The second kappa shape index (κ2) is 7.33. The van der Waals surface area contributed by atoms with Crippen LogP contribution in [0.3, 0.4) is 0 Å². The predicted octanol–water partition coefficient (Wildman–Crippen LogP) is 2.71. The molecule has 0 aliphatic heterocycles. The number of methoxy groups -OCH3 is 1. The fourth-order valence-electron chi connectivity index (χ4n) is 2.98. The summed E-state index contributed by atoms with van der Waals surface area (Å²) in [7, 11) is 1.64. The molecule has 136 valence electrons. The number of amides is 1. The van der Waals surface area contributed by atoms with Crippen molar-refractivity contribution in [1.29, 1.82) is 0 Å². The van der Waals surface area contributed by atoms with E-state index in [0.29, 0.717) is 17.9 Å². The zero-order valence-corrected chi connectivity index (χ0v) is 14.8. The van der Waals surface area contributed by atoms with E-state index >= 15 is 0 Å². The minimum atomic E-state index is -0.151. The highest BCUT2D eigenvalue weighted by molar-refractivity contribution is 5.93. The summed E-state index contributed by atoms with van der Waals surface area (Å²) < 4.78 is 7.00. The van der Waals surface area contributed by atoms with Gasteiger partial charge in [0.25, 0.3) is 5.91 Å². The molecule has 27 heavy (non-hydrogen) atoms. The van der Waals surface area contributed by atoms with Gasteiger partial charge in [0.05, 0.1) is 19.5 Å². The van der Waals surface area contributed by atoms with E-state index in [9.17, 15) is 4.79 Å². The topological polar surface area (TPSA) is 84.3 Å². The van der Waals surface area contributed by atoms with Crippen LogP contribution >= 0.6 is 0 Å². The number of fused-ring (bicyclic) bond motifs is 1. The molecule has 3 aromatic heterocycles. The zero-order chi connectivity index (χ0) is 18.6. The van der Waals surface area contributed by atoms with Gasteiger partial charge in [-0.3, -0.25) is 14.3 Å². The van der Waals surface area contributed by atoms with Gasteiger partial charge in [-0.05, 0) is 41.8 Å².